The summed E-state index contributed by atoms with van der Waals surface area (Å²) in [5.41, 5.74) is 0.917. The lowest BCUT2D eigenvalue weighted by atomic mass is 10.3. The minimum Gasteiger partial charge on any atom is -0.391 e. The van der Waals surface area contributed by atoms with E-state index in [1.54, 1.807) is 55.0 Å². The molecule has 0 saturated carbocycles. The number of imidazole rings is 1. The zero-order valence-electron chi connectivity index (χ0n) is 14.5. The van der Waals surface area contributed by atoms with Gasteiger partial charge >= 0.3 is 0 Å². The van der Waals surface area contributed by atoms with E-state index >= 15 is 0 Å². The summed E-state index contributed by atoms with van der Waals surface area (Å²) < 4.78 is 28.7. The third-order valence-electron chi connectivity index (χ3n) is 3.85. The molecular weight excluding hydrogens is 350 g/mol. The molecule has 0 aliphatic carbocycles. The number of rotatable bonds is 8. The monoisotopic (exact) mass is 371 g/mol. The summed E-state index contributed by atoms with van der Waals surface area (Å²) in [5.74, 6) is 0.462. The number of hydrogen-bond acceptors (Lipinski definition) is 4. The van der Waals surface area contributed by atoms with Gasteiger partial charge in [0.1, 0.15) is 5.75 Å². The molecule has 0 atom stereocenters. The minimum absolute atomic E-state index is 0.214. The van der Waals surface area contributed by atoms with Crippen molar-refractivity contribution in [2.45, 2.75) is 24.7 Å². The van der Waals surface area contributed by atoms with Gasteiger partial charge in [0.2, 0.25) is 0 Å². The van der Waals surface area contributed by atoms with Crippen LogP contribution in [0.1, 0.15) is 19.8 Å². The quantitative estimate of drug-likeness (QED) is 0.567. The third-order valence-corrected chi connectivity index (χ3v) is 5.51. The molecular formula is C19H21N3O3S. The Kier molecular flexibility index (Phi) is 5.70. The molecule has 0 N–H and O–H groups in total. The molecule has 0 saturated heterocycles. The van der Waals surface area contributed by atoms with Crippen molar-refractivity contribution in [2.75, 3.05) is 6.54 Å². The molecule has 0 unspecified atom stereocenters. The smallest absolute Gasteiger partial charge is 0.273 e. The zero-order valence-corrected chi connectivity index (χ0v) is 15.3. The van der Waals surface area contributed by atoms with E-state index in [0.717, 1.165) is 16.6 Å². The van der Waals surface area contributed by atoms with Crippen molar-refractivity contribution in [3.05, 3.63) is 73.3 Å². The SMILES string of the molecule is CCCCN(Oc1ccc(-n2ccnc2)cc1)S(=O)(=O)c1ccccc1. The molecule has 6 nitrogen and oxygen atoms in total. The van der Waals surface area contributed by atoms with Gasteiger partial charge in [-0.05, 0) is 47.3 Å². The van der Waals surface area contributed by atoms with Crippen LogP contribution in [0.15, 0.2) is 78.2 Å². The Morgan fingerprint density at radius 3 is 2.42 bits per heavy atom. The molecule has 0 amide bonds. The molecule has 3 rings (SSSR count). The first kappa shape index (κ1) is 18.2. The van der Waals surface area contributed by atoms with Crippen LogP contribution < -0.4 is 4.84 Å². The number of aromatic nitrogens is 2. The van der Waals surface area contributed by atoms with Gasteiger partial charge in [0, 0.05) is 18.1 Å². The van der Waals surface area contributed by atoms with E-state index in [1.165, 1.54) is 0 Å². The second-order valence-corrected chi connectivity index (χ2v) is 7.58. The Balaban J connectivity index is 1.82. The summed E-state index contributed by atoms with van der Waals surface area (Å²) in [6.07, 6.45) is 6.80. The van der Waals surface area contributed by atoms with Gasteiger partial charge in [-0.15, -0.1) is 0 Å². The van der Waals surface area contributed by atoms with Gasteiger partial charge in [-0.1, -0.05) is 31.5 Å². The highest BCUT2D eigenvalue weighted by molar-refractivity contribution is 7.89. The van der Waals surface area contributed by atoms with Gasteiger partial charge in [-0.25, -0.2) is 13.4 Å². The van der Waals surface area contributed by atoms with Gasteiger partial charge in [-0.2, -0.15) is 0 Å². The fourth-order valence-corrected chi connectivity index (χ4v) is 3.71. The maximum atomic E-state index is 12.9. The number of benzene rings is 2. The van der Waals surface area contributed by atoms with Crippen molar-refractivity contribution in [1.29, 1.82) is 0 Å². The van der Waals surface area contributed by atoms with E-state index in [0.29, 0.717) is 12.2 Å². The van der Waals surface area contributed by atoms with Crippen LogP contribution in [0.2, 0.25) is 0 Å². The van der Waals surface area contributed by atoms with Crippen molar-refractivity contribution in [3.63, 3.8) is 0 Å². The molecule has 0 aliphatic rings. The van der Waals surface area contributed by atoms with Crippen molar-refractivity contribution >= 4 is 10.0 Å². The van der Waals surface area contributed by atoms with E-state index in [-0.39, 0.29) is 11.4 Å². The molecule has 0 fully saturated rings. The van der Waals surface area contributed by atoms with E-state index < -0.39 is 10.0 Å². The van der Waals surface area contributed by atoms with E-state index in [2.05, 4.69) is 4.98 Å². The normalized spacial score (nSPS) is 11.6. The first-order chi connectivity index (χ1) is 12.6. The second kappa shape index (κ2) is 8.16. The lowest BCUT2D eigenvalue weighted by Gasteiger charge is -2.22. The van der Waals surface area contributed by atoms with Crippen LogP contribution in [0.25, 0.3) is 5.69 Å². The van der Waals surface area contributed by atoms with Gasteiger partial charge in [0.15, 0.2) is 0 Å². The molecule has 7 heteroatoms. The summed E-state index contributed by atoms with van der Waals surface area (Å²) in [6.45, 7) is 2.30. The Morgan fingerprint density at radius 1 is 1.08 bits per heavy atom. The molecule has 0 bridgehead atoms. The summed E-state index contributed by atoms with van der Waals surface area (Å²) in [5, 5.41) is 0. The van der Waals surface area contributed by atoms with Gasteiger partial charge in [0.25, 0.3) is 10.0 Å². The predicted octanol–water partition coefficient (Wildman–Crippen LogP) is 3.66. The Bertz CT molecular complexity index is 908. The van der Waals surface area contributed by atoms with Gasteiger partial charge < -0.3 is 9.40 Å². The fraction of sp³-hybridized carbons (Fsp3) is 0.211. The molecule has 1 aromatic heterocycles. The van der Waals surface area contributed by atoms with Crippen LogP contribution >= 0.6 is 0 Å². The Hall–Kier alpha value is -2.64. The van der Waals surface area contributed by atoms with Gasteiger partial charge in [0.05, 0.1) is 17.8 Å². The zero-order chi connectivity index (χ0) is 18.4. The van der Waals surface area contributed by atoms with Crippen molar-refractivity contribution in [2.24, 2.45) is 0 Å². The summed E-state index contributed by atoms with van der Waals surface area (Å²) in [4.78, 5) is 9.96. The lowest BCUT2D eigenvalue weighted by molar-refractivity contribution is 0.0348. The predicted molar refractivity (Wildman–Crippen MR) is 99.4 cm³/mol. The van der Waals surface area contributed by atoms with Crippen LogP contribution in [0.5, 0.6) is 5.75 Å². The van der Waals surface area contributed by atoms with Crippen LogP contribution in [-0.4, -0.2) is 29.0 Å². The molecule has 0 aliphatic heterocycles. The number of sulfonamides is 1. The maximum Gasteiger partial charge on any atom is 0.273 e. The van der Waals surface area contributed by atoms with Crippen LogP contribution in [0.4, 0.5) is 0 Å². The molecule has 0 spiro atoms. The van der Waals surface area contributed by atoms with Crippen LogP contribution in [0, 0.1) is 0 Å². The van der Waals surface area contributed by atoms with E-state index in [1.807, 2.05) is 29.8 Å². The highest BCUT2D eigenvalue weighted by Crippen LogP contribution is 2.21. The average Bonchev–Trinajstić information content (AvgIpc) is 3.21. The number of unbranched alkanes of at least 4 members (excludes halogenated alkanes) is 1. The van der Waals surface area contributed by atoms with E-state index in [9.17, 15) is 8.42 Å². The molecule has 26 heavy (non-hydrogen) atoms. The minimum atomic E-state index is -3.73. The van der Waals surface area contributed by atoms with Gasteiger partial charge in [-0.3, -0.25) is 0 Å². The Morgan fingerprint density at radius 2 is 1.81 bits per heavy atom. The number of nitrogens with zero attached hydrogens (tertiary/aromatic N) is 3. The number of hydrogen-bond donors (Lipinski definition) is 0. The average molecular weight is 371 g/mol. The summed E-state index contributed by atoms with van der Waals surface area (Å²) in [7, 11) is -3.73. The largest absolute Gasteiger partial charge is 0.391 e. The van der Waals surface area contributed by atoms with Crippen molar-refractivity contribution < 1.29 is 13.3 Å². The first-order valence-corrected chi connectivity index (χ1v) is 9.89. The lowest BCUT2D eigenvalue weighted by Crippen LogP contribution is -2.35. The van der Waals surface area contributed by atoms with Crippen LogP contribution in [0.3, 0.4) is 0 Å². The Labute approximate surface area is 153 Å². The molecule has 136 valence electrons. The third kappa shape index (κ3) is 4.12. The van der Waals surface area contributed by atoms with E-state index in [4.69, 9.17) is 4.84 Å². The first-order valence-electron chi connectivity index (χ1n) is 8.45. The summed E-state index contributed by atoms with van der Waals surface area (Å²) in [6, 6.07) is 15.5. The standard InChI is InChI=1S/C19H21N3O3S/c1-2-3-14-22(26(23,24)19-7-5-4-6-8-19)25-18-11-9-17(10-12-18)21-15-13-20-16-21/h4-13,15-16H,2-3,14H2,1H3. The summed E-state index contributed by atoms with van der Waals surface area (Å²) >= 11 is 0. The molecule has 3 aromatic rings. The van der Waals surface area contributed by atoms with Crippen molar-refractivity contribution in [1.82, 2.24) is 14.0 Å². The van der Waals surface area contributed by atoms with Crippen molar-refractivity contribution in [3.8, 4) is 11.4 Å². The maximum absolute atomic E-state index is 12.9. The highest BCUT2D eigenvalue weighted by atomic mass is 32.2. The number of hydroxylamine groups is 1. The second-order valence-electron chi connectivity index (χ2n) is 5.75. The van der Waals surface area contributed by atoms with Crippen LogP contribution in [-0.2, 0) is 10.0 Å². The topological polar surface area (TPSA) is 64.4 Å². The molecule has 1 heterocycles. The highest BCUT2D eigenvalue weighted by Gasteiger charge is 2.26. The molecule has 0 radical (unpaired) electrons. The molecule has 2 aromatic carbocycles. The fourth-order valence-electron chi connectivity index (χ4n) is 2.42.